The smallest absolute Gasteiger partial charge is 0.128 e. The molecule has 2 N–H and O–H groups in total. The Morgan fingerprint density at radius 3 is 2.90 bits per heavy atom. The van der Waals surface area contributed by atoms with Gasteiger partial charge in [0.1, 0.15) is 11.9 Å². The van der Waals surface area contributed by atoms with Crippen LogP contribution in [-0.4, -0.2) is 15.7 Å². The van der Waals surface area contributed by atoms with E-state index < -0.39 is 0 Å². The van der Waals surface area contributed by atoms with Gasteiger partial charge in [0.25, 0.3) is 0 Å². The molecule has 0 saturated heterocycles. The molecule has 1 heterocycles. The van der Waals surface area contributed by atoms with Gasteiger partial charge in [-0.2, -0.15) is 5.26 Å². The fourth-order valence-electron chi connectivity index (χ4n) is 2.06. The predicted molar refractivity (Wildman–Crippen MR) is 82.8 cm³/mol. The fraction of sp³-hybridized carbons (Fsp3) is 0.333. The van der Waals surface area contributed by atoms with Crippen LogP contribution < -0.4 is 5.32 Å². The van der Waals surface area contributed by atoms with Gasteiger partial charge in [-0.15, -0.1) is 11.8 Å². The van der Waals surface area contributed by atoms with Crippen molar-refractivity contribution in [2.24, 2.45) is 0 Å². The lowest BCUT2D eigenvalue weighted by Gasteiger charge is -2.18. The number of aromatic amines is 1. The molecule has 1 aromatic heterocycles. The quantitative estimate of drug-likeness (QED) is 0.789. The number of H-pyrrole nitrogens is 1. The number of aromatic nitrogens is 2. The van der Waals surface area contributed by atoms with E-state index in [9.17, 15) is 5.26 Å². The number of anilines is 1. The number of imidazole rings is 1. The Kier molecular flexibility index (Phi) is 5.08. The van der Waals surface area contributed by atoms with Crippen LogP contribution in [0.1, 0.15) is 37.7 Å². The molecule has 0 radical (unpaired) electrons. The van der Waals surface area contributed by atoms with Crippen molar-refractivity contribution in [3.8, 4) is 6.07 Å². The number of hydrogen-bond acceptors (Lipinski definition) is 4. The molecule has 0 bridgehead atoms. The molecule has 0 amide bonds. The zero-order valence-electron chi connectivity index (χ0n) is 11.7. The van der Waals surface area contributed by atoms with E-state index in [1.54, 1.807) is 18.0 Å². The van der Waals surface area contributed by atoms with Gasteiger partial charge in [-0.25, -0.2) is 4.98 Å². The SMILES string of the molecule is CCSc1cccc(NC(CC)c2ncc[nH]2)c1C#N. The molecule has 0 aliphatic heterocycles. The van der Waals surface area contributed by atoms with Crippen molar-refractivity contribution < 1.29 is 0 Å². The number of rotatable bonds is 6. The van der Waals surface area contributed by atoms with Crippen LogP contribution >= 0.6 is 11.8 Å². The van der Waals surface area contributed by atoms with E-state index in [2.05, 4.69) is 35.2 Å². The number of nitrogens with zero attached hydrogens (tertiary/aromatic N) is 2. The van der Waals surface area contributed by atoms with Gasteiger partial charge in [0, 0.05) is 17.3 Å². The molecule has 2 aromatic rings. The summed E-state index contributed by atoms with van der Waals surface area (Å²) < 4.78 is 0. The first kappa shape index (κ1) is 14.5. The number of nitrogens with one attached hydrogen (secondary N) is 2. The van der Waals surface area contributed by atoms with Crippen molar-refractivity contribution in [1.82, 2.24) is 9.97 Å². The fourth-order valence-corrected chi connectivity index (χ4v) is 2.85. The van der Waals surface area contributed by atoms with Gasteiger partial charge < -0.3 is 10.3 Å². The van der Waals surface area contributed by atoms with Gasteiger partial charge in [-0.3, -0.25) is 0 Å². The molecule has 0 spiro atoms. The summed E-state index contributed by atoms with van der Waals surface area (Å²) in [5.74, 6) is 1.85. The summed E-state index contributed by atoms with van der Waals surface area (Å²) in [5.41, 5.74) is 1.58. The second kappa shape index (κ2) is 7.01. The van der Waals surface area contributed by atoms with Crippen LogP contribution in [0.5, 0.6) is 0 Å². The van der Waals surface area contributed by atoms with E-state index in [4.69, 9.17) is 0 Å². The number of benzene rings is 1. The van der Waals surface area contributed by atoms with Crippen molar-refractivity contribution in [3.63, 3.8) is 0 Å². The lowest BCUT2D eigenvalue weighted by Crippen LogP contribution is -2.12. The van der Waals surface area contributed by atoms with Crippen molar-refractivity contribution in [2.75, 3.05) is 11.1 Å². The average Bonchev–Trinajstić information content (AvgIpc) is 2.99. The highest BCUT2D eigenvalue weighted by molar-refractivity contribution is 7.99. The molecule has 0 fully saturated rings. The van der Waals surface area contributed by atoms with Crippen LogP contribution in [0.3, 0.4) is 0 Å². The van der Waals surface area contributed by atoms with Crippen LogP contribution in [-0.2, 0) is 0 Å². The number of hydrogen-bond donors (Lipinski definition) is 2. The van der Waals surface area contributed by atoms with Crippen LogP contribution in [0.4, 0.5) is 5.69 Å². The Morgan fingerprint density at radius 2 is 2.30 bits per heavy atom. The number of nitriles is 1. The van der Waals surface area contributed by atoms with Gasteiger partial charge >= 0.3 is 0 Å². The Labute approximate surface area is 123 Å². The minimum Gasteiger partial charge on any atom is -0.374 e. The normalized spacial score (nSPS) is 11.8. The van der Waals surface area contributed by atoms with E-state index in [1.807, 2.05) is 24.4 Å². The first-order valence-electron chi connectivity index (χ1n) is 6.71. The van der Waals surface area contributed by atoms with Gasteiger partial charge in [0.05, 0.1) is 17.3 Å². The minimum atomic E-state index is 0.0824. The Bertz CT molecular complexity index is 586. The summed E-state index contributed by atoms with van der Waals surface area (Å²) in [5, 5.41) is 12.8. The number of thioether (sulfide) groups is 1. The summed E-state index contributed by atoms with van der Waals surface area (Å²) >= 11 is 1.69. The van der Waals surface area contributed by atoms with E-state index in [-0.39, 0.29) is 6.04 Å². The standard InChI is InChI=1S/C15H18N4S/c1-3-12(15-17-8-9-18-15)19-13-6-5-7-14(20-4-2)11(13)10-16/h5-9,12,19H,3-4H2,1-2H3,(H,17,18). The van der Waals surface area contributed by atoms with Crippen LogP contribution in [0.25, 0.3) is 0 Å². The second-order valence-electron chi connectivity index (χ2n) is 4.30. The van der Waals surface area contributed by atoms with E-state index in [0.29, 0.717) is 5.56 Å². The first-order valence-corrected chi connectivity index (χ1v) is 7.70. The average molecular weight is 286 g/mol. The van der Waals surface area contributed by atoms with Gasteiger partial charge in [-0.05, 0) is 24.3 Å². The molecule has 104 valence electrons. The summed E-state index contributed by atoms with van der Waals surface area (Å²) in [7, 11) is 0. The largest absolute Gasteiger partial charge is 0.374 e. The lowest BCUT2D eigenvalue weighted by atomic mass is 10.1. The lowest BCUT2D eigenvalue weighted by molar-refractivity contribution is 0.703. The second-order valence-corrected chi connectivity index (χ2v) is 5.61. The van der Waals surface area contributed by atoms with E-state index in [1.165, 1.54) is 0 Å². The van der Waals surface area contributed by atoms with Crippen LogP contribution in [0, 0.1) is 11.3 Å². The highest BCUT2D eigenvalue weighted by Crippen LogP contribution is 2.30. The summed E-state index contributed by atoms with van der Waals surface area (Å²) in [4.78, 5) is 8.44. The molecular weight excluding hydrogens is 268 g/mol. The molecular formula is C15H18N4S. The van der Waals surface area contributed by atoms with Crippen LogP contribution in [0.15, 0.2) is 35.5 Å². The third-order valence-electron chi connectivity index (χ3n) is 3.03. The first-order chi connectivity index (χ1) is 9.80. The Balaban J connectivity index is 2.29. The molecule has 0 aliphatic rings. The molecule has 0 saturated carbocycles. The molecule has 0 aliphatic carbocycles. The molecule has 5 heteroatoms. The molecule has 1 unspecified atom stereocenters. The van der Waals surface area contributed by atoms with E-state index >= 15 is 0 Å². The zero-order chi connectivity index (χ0) is 14.4. The third kappa shape index (κ3) is 3.14. The topological polar surface area (TPSA) is 64.5 Å². The summed E-state index contributed by atoms with van der Waals surface area (Å²) in [6.45, 7) is 4.18. The monoisotopic (exact) mass is 286 g/mol. The van der Waals surface area contributed by atoms with Gasteiger partial charge in [-0.1, -0.05) is 19.9 Å². The molecule has 20 heavy (non-hydrogen) atoms. The Hall–Kier alpha value is -1.93. The van der Waals surface area contributed by atoms with Crippen molar-refractivity contribution in [2.45, 2.75) is 31.2 Å². The third-order valence-corrected chi connectivity index (χ3v) is 3.97. The molecule has 4 nitrogen and oxygen atoms in total. The zero-order valence-corrected chi connectivity index (χ0v) is 12.5. The summed E-state index contributed by atoms with van der Waals surface area (Å²) in [6, 6.07) is 8.31. The highest BCUT2D eigenvalue weighted by Gasteiger charge is 2.15. The molecule has 1 atom stereocenters. The highest BCUT2D eigenvalue weighted by atomic mass is 32.2. The summed E-state index contributed by atoms with van der Waals surface area (Å²) in [6.07, 6.45) is 4.45. The van der Waals surface area contributed by atoms with Gasteiger partial charge in [0.2, 0.25) is 0 Å². The predicted octanol–water partition coefficient (Wildman–Crippen LogP) is 3.96. The Morgan fingerprint density at radius 1 is 1.45 bits per heavy atom. The van der Waals surface area contributed by atoms with Crippen molar-refractivity contribution in [3.05, 3.63) is 42.0 Å². The van der Waals surface area contributed by atoms with Crippen LogP contribution in [0.2, 0.25) is 0 Å². The van der Waals surface area contributed by atoms with Gasteiger partial charge in [0.15, 0.2) is 0 Å². The van der Waals surface area contributed by atoms with Crippen molar-refractivity contribution in [1.29, 1.82) is 5.26 Å². The molecule has 1 aromatic carbocycles. The minimum absolute atomic E-state index is 0.0824. The maximum Gasteiger partial charge on any atom is 0.128 e. The maximum atomic E-state index is 9.42. The van der Waals surface area contributed by atoms with E-state index in [0.717, 1.165) is 28.6 Å². The maximum absolute atomic E-state index is 9.42. The van der Waals surface area contributed by atoms with Crippen molar-refractivity contribution >= 4 is 17.4 Å². The molecule has 2 rings (SSSR count).